The largest absolute Gasteiger partial charge is 0.319 e. The van der Waals surface area contributed by atoms with Crippen LogP contribution in [0.25, 0.3) is 5.82 Å². The van der Waals surface area contributed by atoms with Crippen molar-refractivity contribution in [1.82, 2.24) is 14.8 Å². The molecule has 0 spiro atoms. The lowest BCUT2D eigenvalue weighted by Crippen LogP contribution is -2.18. The molecular formula is C18H13Cl2N5OS. The van der Waals surface area contributed by atoms with E-state index < -0.39 is 5.91 Å². The third-order valence-electron chi connectivity index (χ3n) is 3.74. The molecule has 0 atom stereocenters. The van der Waals surface area contributed by atoms with Crippen LogP contribution in [0.1, 0.15) is 21.6 Å². The number of carbonyl (C=O) groups is 1. The minimum atomic E-state index is -0.417. The summed E-state index contributed by atoms with van der Waals surface area (Å²) in [6.45, 7) is 1.83. The van der Waals surface area contributed by atoms with Gasteiger partial charge in [0.25, 0.3) is 5.91 Å². The first-order valence-electron chi connectivity index (χ1n) is 7.71. The zero-order chi connectivity index (χ0) is 19.6. The Labute approximate surface area is 170 Å². The predicted octanol–water partition coefficient (Wildman–Crippen LogP) is 4.73. The van der Waals surface area contributed by atoms with Crippen LogP contribution in [0.2, 0.25) is 10.2 Å². The molecule has 1 aromatic carbocycles. The number of hydrogen-bond acceptors (Lipinski definition) is 5. The molecule has 3 aromatic rings. The molecule has 0 aliphatic heterocycles. The maximum Gasteiger partial charge on any atom is 0.274 e. The highest BCUT2D eigenvalue weighted by atomic mass is 35.5. The summed E-state index contributed by atoms with van der Waals surface area (Å²) >= 11 is 13.6. The molecule has 2 heterocycles. The van der Waals surface area contributed by atoms with Crippen molar-refractivity contribution >= 4 is 46.6 Å². The van der Waals surface area contributed by atoms with Crippen LogP contribution in [-0.2, 0) is 0 Å². The minimum absolute atomic E-state index is 0.142. The number of rotatable bonds is 4. The smallest absolute Gasteiger partial charge is 0.274 e. The van der Waals surface area contributed by atoms with Gasteiger partial charge < -0.3 is 5.32 Å². The number of amides is 1. The third-order valence-corrected chi connectivity index (χ3v) is 4.98. The van der Waals surface area contributed by atoms with E-state index in [-0.39, 0.29) is 10.8 Å². The monoisotopic (exact) mass is 417 g/mol. The lowest BCUT2D eigenvalue weighted by atomic mass is 10.1. The number of aromatic nitrogens is 3. The van der Waals surface area contributed by atoms with E-state index in [1.807, 2.05) is 13.2 Å². The van der Waals surface area contributed by atoms with Crippen LogP contribution in [0.15, 0.2) is 41.4 Å². The van der Waals surface area contributed by atoms with Crippen molar-refractivity contribution in [2.24, 2.45) is 0 Å². The summed E-state index contributed by atoms with van der Waals surface area (Å²) in [5.41, 5.74) is 2.13. The Bertz CT molecular complexity index is 1070. The van der Waals surface area contributed by atoms with E-state index in [4.69, 9.17) is 28.5 Å². The van der Waals surface area contributed by atoms with Crippen LogP contribution in [-0.4, -0.2) is 26.9 Å². The molecule has 0 saturated carbocycles. The van der Waals surface area contributed by atoms with Crippen molar-refractivity contribution in [3.8, 4) is 11.9 Å². The Hall–Kier alpha value is -2.53. The fourth-order valence-electron chi connectivity index (χ4n) is 2.53. The van der Waals surface area contributed by atoms with E-state index >= 15 is 0 Å². The van der Waals surface area contributed by atoms with Crippen LogP contribution >= 0.6 is 35.0 Å². The van der Waals surface area contributed by atoms with E-state index in [1.54, 1.807) is 30.5 Å². The Morgan fingerprint density at radius 1 is 1.33 bits per heavy atom. The van der Waals surface area contributed by atoms with E-state index in [9.17, 15) is 4.79 Å². The Kier molecular flexibility index (Phi) is 5.71. The van der Waals surface area contributed by atoms with Gasteiger partial charge in [0.2, 0.25) is 0 Å². The highest BCUT2D eigenvalue weighted by Crippen LogP contribution is 2.31. The number of thioether (sulfide) groups is 1. The van der Waals surface area contributed by atoms with Crippen molar-refractivity contribution in [2.75, 3.05) is 11.6 Å². The first-order chi connectivity index (χ1) is 12.9. The van der Waals surface area contributed by atoms with Gasteiger partial charge in [-0.2, -0.15) is 10.4 Å². The number of halogens is 2. The minimum Gasteiger partial charge on any atom is -0.319 e. The van der Waals surface area contributed by atoms with Crippen LogP contribution in [0, 0.1) is 18.3 Å². The van der Waals surface area contributed by atoms with Crippen molar-refractivity contribution in [3.63, 3.8) is 0 Å². The molecule has 0 radical (unpaired) electrons. The second kappa shape index (κ2) is 8.01. The zero-order valence-electron chi connectivity index (χ0n) is 14.3. The summed E-state index contributed by atoms with van der Waals surface area (Å²) in [7, 11) is 0. The van der Waals surface area contributed by atoms with E-state index in [1.165, 1.54) is 22.5 Å². The maximum atomic E-state index is 12.9. The van der Waals surface area contributed by atoms with Gasteiger partial charge in [0, 0.05) is 17.2 Å². The molecule has 3 rings (SSSR count). The maximum absolute atomic E-state index is 12.9. The van der Waals surface area contributed by atoms with Crippen molar-refractivity contribution in [2.45, 2.75) is 11.8 Å². The van der Waals surface area contributed by atoms with Crippen LogP contribution in [0.5, 0.6) is 0 Å². The fraction of sp³-hybridized carbons (Fsp3) is 0.111. The normalized spacial score (nSPS) is 10.5. The van der Waals surface area contributed by atoms with Gasteiger partial charge in [-0.15, -0.1) is 11.8 Å². The Morgan fingerprint density at radius 3 is 2.78 bits per heavy atom. The molecule has 0 aliphatic carbocycles. The molecule has 27 heavy (non-hydrogen) atoms. The fourth-order valence-corrected chi connectivity index (χ4v) is 3.57. The SMILES string of the molecule is CSc1cc(C#N)cc(C)c1NC(=O)c1cc(Cl)nn1-c1ncccc1Cl. The quantitative estimate of drug-likeness (QED) is 0.620. The number of carbonyl (C=O) groups excluding carboxylic acids is 1. The third kappa shape index (κ3) is 3.93. The average Bonchev–Trinajstić information content (AvgIpc) is 3.05. The lowest BCUT2D eigenvalue weighted by Gasteiger charge is -2.14. The number of pyridine rings is 1. The zero-order valence-corrected chi connectivity index (χ0v) is 16.7. The number of nitrogens with one attached hydrogen (secondary N) is 1. The van der Waals surface area contributed by atoms with Gasteiger partial charge in [0.1, 0.15) is 5.69 Å². The molecule has 6 nitrogen and oxygen atoms in total. The molecule has 0 saturated heterocycles. The average molecular weight is 418 g/mol. The van der Waals surface area contributed by atoms with Crippen LogP contribution in [0.4, 0.5) is 5.69 Å². The van der Waals surface area contributed by atoms with E-state index in [0.717, 1.165) is 10.5 Å². The van der Waals surface area contributed by atoms with Gasteiger partial charge in [-0.05, 0) is 43.0 Å². The topological polar surface area (TPSA) is 83.6 Å². The molecule has 1 amide bonds. The highest BCUT2D eigenvalue weighted by molar-refractivity contribution is 7.98. The van der Waals surface area contributed by atoms with Crippen LogP contribution < -0.4 is 5.32 Å². The summed E-state index contributed by atoms with van der Waals surface area (Å²) in [4.78, 5) is 17.9. The number of hydrogen-bond donors (Lipinski definition) is 1. The number of aryl methyl sites for hydroxylation is 1. The second-order valence-corrected chi connectivity index (χ2v) is 7.15. The first kappa shape index (κ1) is 19.2. The predicted molar refractivity (Wildman–Crippen MR) is 107 cm³/mol. The Balaban J connectivity index is 2.02. The molecule has 136 valence electrons. The van der Waals surface area contributed by atoms with Gasteiger partial charge in [-0.25, -0.2) is 9.67 Å². The summed E-state index contributed by atoms with van der Waals surface area (Å²) in [6.07, 6.45) is 3.43. The summed E-state index contributed by atoms with van der Waals surface area (Å²) in [5.74, 6) is -0.114. The van der Waals surface area contributed by atoms with E-state index in [0.29, 0.717) is 22.1 Å². The second-order valence-electron chi connectivity index (χ2n) is 5.51. The van der Waals surface area contributed by atoms with Crippen molar-refractivity contribution in [3.05, 3.63) is 63.5 Å². The molecular weight excluding hydrogens is 405 g/mol. The van der Waals surface area contributed by atoms with Crippen LogP contribution in [0.3, 0.4) is 0 Å². The highest BCUT2D eigenvalue weighted by Gasteiger charge is 2.20. The molecule has 0 bridgehead atoms. The van der Waals surface area contributed by atoms with Gasteiger partial charge in [0.05, 0.1) is 22.3 Å². The van der Waals surface area contributed by atoms with Gasteiger partial charge in [0.15, 0.2) is 11.0 Å². The Morgan fingerprint density at radius 2 is 2.11 bits per heavy atom. The molecule has 1 N–H and O–H groups in total. The van der Waals surface area contributed by atoms with Gasteiger partial charge in [-0.1, -0.05) is 23.2 Å². The summed E-state index contributed by atoms with van der Waals surface area (Å²) in [6, 6.07) is 10.3. The summed E-state index contributed by atoms with van der Waals surface area (Å²) < 4.78 is 1.30. The number of anilines is 1. The molecule has 0 aliphatic rings. The summed E-state index contributed by atoms with van der Waals surface area (Å²) in [5, 5.41) is 16.6. The number of nitriles is 1. The van der Waals surface area contributed by atoms with Crippen molar-refractivity contribution < 1.29 is 4.79 Å². The molecule has 9 heteroatoms. The molecule has 2 aromatic heterocycles. The number of nitrogens with zero attached hydrogens (tertiary/aromatic N) is 4. The lowest BCUT2D eigenvalue weighted by molar-refractivity contribution is 0.101. The van der Waals surface area contributed by atoms with Gasteiger partial charge >= 0.3 is 0 Å². The van der Waals surface area contributed by atoms with Gasteiger partial charge in [-0.3, -0.25) is 4.79 Å². The molecule has 0 fully saturated rings. The molecule has 0 unspecified atom stereocenters. The van der Waals surface area contributed by atoms with Crippen molar-refractivity contribution in [1.29, 1.82) is 5.26 Å². The first-order valence-corrected chi connectivity index (χ1v) is 9.69. The number of benzene rings is 1. The van der Waals surface area contributed by atoms with E-state index in [2.05, 4.69) is 21.5 Å². The standard InChI is InChI=1S/C18H13Cl2N5OS/c1-10-6-11(9-21)7-14(27-2)16(10)23-18(26)13-8-15(20)24-25(13)17-12(19)4-3-5-22-17/h3-8H,1-2H3,(H,23,26).